The Bertz CT molecular complexity index is 1680. The number of Topliss-reactive ketones (excluding diaryl/α,β-unsaturated/α-hetero) is 1. The molecule has 1 atom stereocenters. The van der Waals surface area contributed by atoms with Crippen molar-refractivity contribution in [3.05, 3.63) is 113 Å². The van der Waals surface area contributed by atoms with Gasteiger partial charge in [0.15, 0.2) is 5.78 Å². The van der Waals surface area contributed by atoms with Crippen LogP contribution >= 0.6 is 0 Å². The Kier molecular flexibility index (Phi) is 5.85. The molecule has 38 heavy (non-hydrogen) atoms. The molecule has 6 rings (SSSR count). The van der Waals surface area contributed by atoms with Crippen molar-refractivity contribution < 1.29 is 17.6 Å². The molecular weight excluding hydrogens is 503 g/mol. The smallest absolute Gasteiger partial charge is 0.243 e. The molecule has 4 aromatic rings. The number of nitrogens with zero attached hydrogens (tertiary/aromatic N) is 4. The molecule has 9 heteroatoms. The average Bonchev–Trinajstić information content (AvgIpc) is 3.34. The zero-order valence-corrected chi connectivity index (χ0v) is 21.5. The Morgan fingerprint density at radius 2 is 1.87 bits per heavy atom. The van der Waals surface area contributed by atoms with Crippen molar-refractivity contribution in [1.82, 2.24) is 19.1 Å². The lowest BCUT2D eigenvalue weighted by molar-refractivity contribution is 0.0770. The van der Waals surface area contributed by atoms with Crippen LogP contribution in [-0.4, -0.2) is 46.4 Å². The van der Waals surface area contributed by atoms with Crippen LogP contribution in [-0.2, 0) is 16.4 Å². The number of aromatic nitrogens is 3. The predicted octanol–water partition coefficient (Wildman–Crippen LogP) is 4.62. The molecule has 0 N–H and O–H groups in total. The van der Waals surface area contributed by atoms with E-state index in [1.807, 2.05) is 19.1 Å². The van der Waals surface area contributed by atoms with Crippen molar-refractivity contribution in [3.63, 3.8) is 0 Å². The second kappa shape index (κ2) is 9.11. The number of piperidine rings is 1. The highest BCUT2D eigenvalue weighted by atomic mass is 32.2. The molecule has 2 aromatic carbocycles. The van der Waals surface area contributed by atoms with E-state index in [0.717, 1.165) is 22.4 Å². The van der Waals surface area contributed by atoms with Gasteiger partial charge in [0.25, 0.3) is 0 Å². The summed E-state index contributed by atoms with van der Waals surface area (Å²) >= 11 is 0. The van der Waals surface area contributed by atoms with Crippen molar-refractivity contribution in [2.24, 2.45) is 5.41 Å². The summed E-state index contributed by atoms with van der Waals surface area (Å²) < 4.78 is 44.1. The number of aryl methyl sites for hydroxylation is 1. The van der Waals surface area contributed by atoms with E-state index in [1.165, 1.54) is 16.4 Å². The van der Waals surface area contributed by atoms with Crippen LogP contribution in [0.15, 0.2) is 89.6 Å². The maximum atomic E-state index is 14.1. The number of halogens is 1. The van der Waals surface area contributed by atoms with Gasteiger partial charge in [0.05, 0.1) is 27.9 Å². The van der Waals surface area contributed by atoms with Gasteiger partial charge in [-0.15, -0.1) is 0 Å². The third kappa shape index (κ3) is 3.99. The van der Waals surface area contributed by atoms with Gasteiger partial charge in [-0.2, -0.15) is 9.40 Å². The molecule has 0 spiro atoms. The Balaban J connectivity index is 1.45. The molecule has 192 valence electrons. The summed E-state index contributed by atoms with van der Waals surface area (Å²) in [7, 11) is -3.83. The van der Waals surface area contributed by atoms with Crippen LogP contribution in [0.2, 0.25) is 0 Å². The SMILES string of the molecule is Cc1cccc(S(=O)(=O)N2CCC3=Cc4c(cnn4-c4ccc(F)cc4)CC3(C(=O)c3ccccn3)C2)c1. The maximum Gasteiger partial charge on any atom is 0.243 e. The summed E-state index contributed by atoms with van der Waals surface area (Å²) in [4.78, 5) is 18.7. The van der Waals surface area contributed by atoms with Crippen LogP contribution in [0.3, 0.4) is 0 Å². The Labute approximate surface area is 220 Å². The number of carbonyl (C=O) groups excluding carboxylic acids is 1. The zero-order valence-electron chi connectivity index (χ0n) is 20.7. The zero-order chi connectivity index (χ0) is 26.5. The van der Waals surface area contributed by atoms with Gasteiger partial charge in [0.2, 0.25) is 10.0 Å². The van der Waals surface area contributed by atoms with Gasteiger partial charge in [0.1, 0.15) is 11.5 Å². The summed E-state index contributed by atoms with van der Waals surface area (Å²) in [6.45, 7) is 2.11. The number of hydrogen-bond acceptors (Lipinski definition) is 5. The summed E-state index contributed by atoms with van der Waals surface area (Å²) in [5, 5.41) is 4.53. The molecule has 0 saturated carbocycles. The van der Waals surface area contributed by atoms with E-state index in [2.05, 4.69) is 10.1 Å². The number of fused-ring (bicyclic) bond motifs is 2. The van der Waals surface area contributed by atoms with Crippen molar-refractivity contribution in [2.45, 2.75) is 24.7 Å². The highest BCUT2D eigenvalue weighted by molar-refractivity contribution is 7.89. The van der Waals surface area contributed by atoms with E-state index in [9.17, 15) is 17.6 Å². The molecule has 1 unspecified atom stereocenters. The van der Waals surface area contributed by atoms with Gasteiger partial charge < -0.3 is 0 Å². The van der Waals surface area contributed by atoms with Gasteiger partial charge in [0, 0.05) is 19.3 Å². The molecule has 2 aromatic heterocycles. The largest absolute Gasteiger partial charge is 0.291 e. The average molecular weight is 529 g/mol. The molecule has 1 saturated heterocycles. The van der Waals surface area contributed by atoms with Crippen molar-refractivity contribution in [2.75, 3.05) is 13.1 Å². The standard InChI is InChI=1S/C29H25FN4O3S/c1-20-5-4-6-25(15-20)38(36,37)33-14-12-22-16-27-21(18-32-34(27)24-10-8-23(30)9-11-24)17-29(22,19-33)28(35)26-7-2-3-13-31-26/h2-11,13,15-16,18H,12,14,17,19H2,1H3. The molecule has 0 bridgehead atoms. The first kappa shape index (κ1) is 24.4. The molecule has 2 aliphatic rings. The second-order valence-corrected chi connectivity index (χ2v) is 11.8. The number of pyridine rings is 1. The normalized spacial score (nSPS) is 19.4. The van der Waals surface area contributed by atoms with Gasteiger partial charge in [-0.25, -0.2) is 17.5 Å². The van der Waals surface area contributed by atoms with Crippen LogP contribution in [0.4, 0.5) is 4.39 Å². The van der Waals surface area contributed by atoms with Crippen LogP contribution < -0.4 is 0 Å². The number of carbonyl (C=O) groups is 1. The quantitative estimate of drug-likeness (QED) is 0.353. The van der Waals surface area contributed by atoms with Crippen LogP contribution in [0, 0.1) is 18.2 Å². The van der Waals surface area contributed by atoms with Crippen LogP contribution in [0.1, 0.15) is 33.7 Å². The van der Waals surface area contributed by atoms with Gasteiger partial charge in [-0.05, 0) is 85.5 Å². The highest BCUT2D eigenvalue weighted by Crippen LogP contribution is 2.47. The first-order valence-electron chi connectivity index (χ1n) is 12.3. The monoisotopic (exact) mass is 528 g/mol. The van der Waals surface area contributed by atoms with Gasteiger partial charge in [-0.1, -0.05) is 23.8 Å². The third-order valence-electron chi connectivity index (χ3n) is 7.41. The minimum absolute atomic E-state index is 0.00564. The maximum absolute atomic E-state index is 14.1. The van der Waals surface area contributed by atoms with E-state index < -0.39 is 15.4 Å². The molecule has 0 amide bonds. The van der Waals surface area contributed by atoms with Crippen molar-refractivity contribution in [1.29, 1.82) is 0 Å². The summed E-state index contributed by atoms with van der Waals surface area (Å²) in [6, 6.07) is 18.0. The fourth-order valence-electron chi connectivity index (χ4n) is 5.48. The number of hydrogen-bond donors (Lipinski definition) is 0. The molecule has 1 aliphatic heterocycles. The minimum Gasteiger partial charge on any atom is -0.291 e. The summed E-state index contributed by atoms with van der Waals surface area (Å²) in [5.41, 5.74) is 3.20. The molecule has 7 nitrogen and oxygen atoms in total. The number of benzene rings is 2. The number of ketones is 1. The van der Waals surface area contributed by atoms with E-state index in [4.69, 9.17) is 0 Å². The number of sulfonamides is 1. The lowest BCUT2D eigenvalue weighted by Gasteiger charge is -2.44. The van der Waals surface area contributed by atoms with Gasteiger partial charge >= 0.3 is 0 Å². The molecule has 3 heterocycles. The van der Waals surface area contributed by atoms with E-state index in [1.54, 1.807) is 65.6 Å². The minimum atomic E-state index is -3.83. The van der Waals surface area contributed by atoms with Crippen LogP contribution in [0.25, 0.3) is 11.8 Å². The Hall–Kier alpha value is -3.95. The fourth-order valence-corrected chi connectivity index (χ4v) is 7.08. The van der Waals surface area contributed by atoms with E-state index in [0.29, 0.717) is 17.8 Å². The molecular formula is C29H25FN4O3S. The van der Waals surface area contributed by atoms with Crippen molar-refractivity contribution in [3.8, 4) is 5.69 Å². The van der Waals surface area contributed by atoms with Gasteiger partial charge in [-0.3, -0.25) is 9.78 Å². The molecule has 0 radical (unpaired) electrons. The fraction of sp³-hybridized carbons (Fsp3) is 0.207. The third-order valence-corrected chi connectivity index (χ3v) is 9.25. The van der Waals surface area contributed by atoms with Crippen LogP contribution in [0.5, 0.6) is 0 Å². The number of rotatable bonds is 5. The van der Waals surface area contributed by atoms with E-state index >= 15 is 0 Å². The van der Waals surface area contributed by atoms with Crippen molar-refractivity contribution >= 4 is 21.9 Å². The molecule has 1 aliphatic carbocycles. The topological polar surface area (TPSA) is 85.2 Å². The van der Waals surface area contributed by atoms with E-state index in [-0.39, 0.29) is 36.0 Å². The lowest BCUT2D eigenvalue weighted by Crippen LogP contribution is -2.53. The summed E-state index contributed by atoms with van der Waals surface area (Å²) in [5.74, 6) is -0.552. The Morgan fingerprint density at radius 3 is 2.61 bits per heavy atom. The molecule has 1 fully saturated rings. The summed E-state index contributed by atoms with van der Waals surface area (Å²) in [6.07, 6.45) is 5.89. The first-order valence-corrected chi connectivity index (χ1v) is 13.8. The highest BCUT2D eigenvalue weighted by Gasteiger charge is 2.51. The Morgan fingerprint density at radius 1 is 1.05 bits per heavy atom. The second-order valence-electron chi connectivity index (χ2n) is 9.82. The lowest BCUT2D eigenvalue weighted by atomic mass is 9.65. The first-order chi connectivity index (χ1) is 18.3. The predicted molar refractivity (Wildman–Crippen MR) is 141 cm³/mol.